The van der Waals surface area contributed by atoms with E-state index in [0.717, 1.165) is 0 Å². The summed E-state index contributed by atoms with van der Waals surface area (Å²) >= 11 is 0. The Bertz CT molecular complexity index is 689. The van der Waals surface area contributed by atoms with Crippen LogP contribution in [0.1, 0.15) is 36.6 Å². The van der Waals surface area contributed by atoms with E-state index in [2.05, 4.69) is 10.1 Å². The fourth-order valence-electron chi connectivity index (χ4n) is 2.38. The van der Waals surface area contributed by atoms with Crippen LogP contribution in [-0.4, -0.2) is 25.8 Å². The lowest BCUT2D eigenvalue weighted by molar-refractivity contribution is -0.136. The molecule has 0 saturated heterocycles. The van der Waals surface area contributed by atoms with Gasteiger partial charge in [-0.15, -0.1) is 0 Å². The van der Waals surface area contributed by atoms with Crippen molar-refractivity contribution in [2.75, 3.05) is 0 Å². The monoisotopic (exact) mass is 291 g/mol. The fourth-order valence-corrected chi connectivity index (χ4v) is 2.38. The molecule has 0 atom stereocenters. The van der Waals surface area contributed by atoms with E-state index in [0.29, 0.717) is 35.6 Å². The van der Waals surface area contributed by atoms with Crippen LogP contribution in [-0.2, 0) is 30.6 Å². The molecule has 112 valence electrons. The van der Waals surface area contributed by atoms with Crippen LogP contribution in [0.25, 0.3) is 0 Å². The molecule has 0 aromatic carbocycles. The predicted molar refractivity (Wildman–Crippen MR) is 74.2 cm³/mol. The van der Waals surface area contributed by atoms with Gasteiger partial charge in [0.05, 0.1) is 24.9 Å². The van der Waals surface area contributed by atoms with E-state index in [-0.39, 0.29) is 13.0 Å². The Morgan fingerprint density at radius 2 is 2.14 bits per heavy atom. The number of rotatable bonds is 6. The third-order valence-corrected chi connectivity index (χ3v) is 3.29. The molecule has 1 N–H and O–H groups in total. The maximum absolute atomic E-state index is 12.2. The van der Waals surface area contributed by atoms with Gasteiger partial charge in [0.15, 0.2) is 5.76 Å². The molecule has 0 aliphatic rings. The molecule has 0 amide bonds. The normalized spacial score (nSPS) is 10.8. The average molecular weight is 291 g/mol. The quantitative estimate of drug-likeness (QED) is 0.853. The van der Waals surface area contributed by atoms with Gasteiger partial charge in [-0.3, -0.25) is 9.36 Å². The minimum atomic E-state index is -0.939. The molecule has 7 nitrogen and oxygen atoms in total. The molecule has 2 rings (SSSR count). The van der Waals surface area contributed by atoms with Gasteiger partial charge in [-0.25, -0.2) is 4.79 Å². The van der Waals surface area contributed by atoms with Gasteiger partial charge < -0.3 is 9.63 Å². The molecule has 0 unspecified atom stereocenters. The van der Waals surface area contributed by atoms with Crippen molar-refractivity contribution in [1.82, 2.24) is 14.7 Å². The summed E-state index contributed by atoms with van der Waals surface area (Å²) in [6.07, 6.45) is 2.42. The summed E-state index contributed by atoms with van der Waals surface area (Å²) in [6.45, 7) is 3.94. The number of carbonyl (C=O) groups is 1. The number of carboxylic acids is 1. The van der Waals surface area contributed by atoms with Crippen LogP contribution >= 0.6 is 0 Å². The molecule has 7 heteroatoms. The molecule has 21 heavy (non-hydrogen) atoms. The minimum Gasteiger partial charge on any atom is -0.481 e. The molecule has 0 bridgehead atoms. The summed E-state index contributed by atoms with van der Waals surface area (Å²) in [7, 11) is 0. The molecule has 2 heterocycles. The van der Waals surface area contributed by atoms with Gasteiger partial charge in [0.1, 0.15) is 0 Å². The first-order valence-corrected chi connectivity index (χ1v) is 6.79. The van der Waals surface area contributed by atoms with Crippen molar-refractivity contribution in [2.24, 2.45) is 0 Å². The van der Waals surface area contributed by atoms with Gasteiger partial charge >= 0.3 is 11.7 Å². The predicted octanol–water partition coefficient (Wildman–Crippen LogP) is 1.03. The Morgan fingerprint density at radius 1 is 1.38 bits per heavy atom. The zero-order chi connectivity index (χ0) is 15.4. The van der Waals surface area contributed by atoms with Gasteiger partial charge in [-0.2, -0.15) is 4.98 Å². The summed E-state index contributed by atoms with van der Waals surface area (Å²) in [5.74, 6) is -0.412. The molecule has 0 fully saturated rings. The fraction of sp³-hybridized carbons (Fsp3) is 0.429. The summed E-state index contributed by atoms with van der Waals surface area (Å²) in [5, 5.41) is 12.7. The lowest BCUT2D eigenvalue weighted by atomic mass is 10.0. The number of hydrogen-bond acceptors (Lipinski definition) is 5. The molecule has 0 aliphatic carbocycles. The van der Waals surface area contributed by atoms with Crippen LogP contribution < -0.4 is 5.69 Å². The maximum Gasteiger partial charge on any atom is 0.348 e. The van der Waals surface area contributed by atoms with E-state index in [1.54, 1.807) is 6.07 Å². The number of aliphatic carboxylic acids is 1. The topological polar surface area (TPSA) is 98.2 Å². The Hall–Kier alpha value is -2.44. The van der Waals surface area contributed by atoms with Crippen LogP contribution in [0.15, 0.2) is 21.6 Å². The van der Waals surface area contributed by atoms with Crippen molar-refractivity contribution in [3.05, 3.63) is 45.5 Å². The molecule has 0 aliphatic heterocycles. The molecule has 2 aromatic heterocycles. The highest BCUT2D eigenvalue weighted by atomic mass is 16.5. The summed E-state index contributed by atoms with van der Waals surface area (Å²) in [6, 6.07) is 1.66. The second kappa shape index (κ2) is 6.34. The van der Waals surface area contributed by atoms with Gasteiger partial charge in [-0.1, -0.05) is 19.0 Å². The van der Waals surface area contributed by atoms with Crippen LogP contribution in [0.5, 0.6) is 0 Å². The maximum atomic E-state index is 12.2. The first-order chi connectivity index (χ1) is 10.1. The SMILES string of the molecule is CCc1nc(=O)n(Cc2ccno2)c(CC)c1CC(=O)O. The van der Waals surface area contributed by atoms with Crippen molar-refractivity contribution in [1.29, 1.82) is 0 Å². The third-order valence-electron chi connectivity index (χ3n) is 3.29. The average Bonchev–Trinajstić information content (AvgIpc) is 2.94. The van der Waals surface area contributed by atoms with Crippen molar-refractivity contribution in [3.63, 3.8) is 0 Å². The summed E-state index contributed by atoms with van der Waals surface area (Å²) in [5.41, 5.74) is 1.46. The molecule has 0 spiro atoms. The first kappa shape index (κ1) is 15.0. The van der Waals surface area contributed by atoms with Gasteiger partial charge in [0, 0.05) is 17.3 Å². The molecule has 0 radical (unpaired) electrons. The molecule has 0 saturated carbocycles. The van der Waals surface area contributed by atoms with Crippen molar-refractivity contribution < 1.29 is 14.4 Å². The zero-order valence-corrected chi connectivity index (χ0v) is 12.0. The number of nitrogens with zero attached hydrogens (tertiary/aromatic N) is 3. The lowest BCUT2D eigenvalue weighted by Crippen LogP contribution is -2.30. The van der Waals surface area contributed by atoms with Gasteiger partial charge in [0.2, 0.25) is 0 Å². The number of aromatic nitrogens is 3. The smallest absolute Gasteiger partial charge is 0.348 e. The highest BCUT2D eigenvalue weighted by Gasteiger charge is 2.18. The van der Waals surface area contributed by atoms with Crippen LogP contribution in [0, 0.1) is 0 Å². The van der Waals surface area contributed by atoms with E-state index in [9.17, 15) is 9.59 Å². The molecular formula is C14H17N3O4. The van der Waals surface area contributed by atoms with Crippen molar-refractivity contribution >= 4 is 5.97 Å². The standard InChI is InChI=1S/C14H17N3O4/c1-3-11-10(7-13(18)19)12(4-2)17(14(20)16-11)8-9-5-6-15-21-9/h5-6H,3-4,7-8H2,1-2H3,(H,18,19). The Morgan fingerprint density at radius 3 is 2.67 bits per heavy atom. The molecular weight excluding hydrogens is 274 g/mol. The van der Waals surface area contributed by atoms with Crippen molar-refractivity contribution in [2.45, 2.75) is 39.7 Å². The minimum absolute atomic E-state index is 0.143. The second-order valence-electron chi connectivity index (χ2n) is 4.61. The largest absolute Gasteiger partial charge is 0.481 e. The van der Waals surface area contributed by atoms with E-state index in [4.69, 9.17) is 9.63 Å². The summed E-state index contributed by atoms with van der Waals surface area (Å²) < 4.78 is 6.47. The lowest BCUT2D eigenvalue weighted by Gasteiger charge is -2.16. The van der Waals surface area contributed by atoms with Gasteiger partial charge in [-0.05, 0) is 12.8 Å². The van der Waals surface area contributed by atoms with Crippen molar-refractivity contribution in [3.8, 4) is 0 Å². The Kier molecular flexibility index (Phi) is 4.52. The number of hydrogen-bond donors (Lipinski definition) is 1. The van der Waals surface area contributed by atoms with Crippen LogP contribution in [0.2, 0.25) is 0 Å². The highest BCUT2D eigenvalue weighted by molar-refractivity contribution is 5.71. The summed E-state index contributed by atoms with van der Waals surface area (Å²) in [4.78, 5) is 27.3. The zero-order valence-electron chi connectivity index (χ0n) is 12.0. The van der Waals surface area contributed by atoms with Crippen LogP contribution in [0.4, 0.5) is 0 Å². The first-order valence-electron chi connectivity index (χ1n) is 6.79. The second-order valence-corrected chi connectivity index (χ2v) is 4.61. The van der Waals surface area contributed by atoms with E-state index in [1.807, 2.05) is 13.8 Å². The molecule has 2 aromatic rings. The van der Waals surface area contributed by atoms with E-state index >= 15 is 0 Å². The van der Waals surface area contributed by atoms with Gasteiger partial charge in [0.25, 0.3) is 0 Å². The van der Waals surface area contributed by atoms with E-state index in [1.165, 1.54) is 10.8 Å². The number of aryl methyl sites for hydroxylation is 1. The highest BCUT2D eigenvalue weighted by Crippen LogP contribution is 2.15. The number of carboxylic acid groups (broad SMARTS) is 1. The Balaban J connectivity index is 2.58. The van der Waals surface area contributed by atoms with Crippen LogP contribution in [0.3, 0.4) is 0 Å². The Labute approximate surface area is 121 Å². The van der Waals surface area contributed by atoms with E-state index < -0.39 is 11.7 Å². The third kappa shape index (κ3) is 3.18.